The lowest BCUT2D eigenvalue weighted by atomic mass is 9.71. The Morgan fingerprint density at radius 3 is 2.47 bits per heavy atom. The van der Waals surface area contributed by atoms with E-state index in [0.29, 0.717) is 5.41 Å². The molecule has 0 saturated heterocycles. The van der Waals surface area contributed by atoms with Gasteiger partial charge in [0.15, 0.2) is 0 Å². The Morgan fingerprint density at radius 2 is 1.79 bits per heavy atom. The van der Waals surface area contributed by atoms with Crippen LogP contribution in [0, 0.1) is 23.2 Å². The summed E-state index contributed by atoms with van der Waals surface area (Å²) < 4.78 is 0. The third-order valence-corrected chi connectivity index (χ3v) is 5.37. The molecule has 0 N–H and O–H groups in total. The molecule has 0 nitrogen and oxygen atoms in total. The zero-order valence-electron chi connectivity index (χ0n) is 14.3. The fourth-order valence-electron chi connectivity index (χ4n) is 4.28. The molecule has 0 spiro atoms. The summed E-state index contributed by atoms with van der Waals surface area (Å²) in [4.78, 5) is 0. The third kappa shape index (κ3) is 6.82. The monoisotopic (exact) mass is 266 g/mol. The highest BCUT2D eigenvalue weighted by atomic mass is 14.3. The lowest BCUT2D eigenvalue weighted by Gasteiger charge is -2.35. The van der Waals surface area contributed by atoms with E-state index in [1.807, 2.05) is 0 Å². The molecule has 0 aliphatic heterocycles. The molecule has 0 amide bonds. The maximum atomic E-state index is 2.59. The average molecular weight is 267 g/mol. The molecule has 1 rings (SSSR count). The van der Waals surface area contributed by atoms with Gasteiger partial charge in [0.25, 0.3) is 0 Å². The van der Waals surface area contributed by atoms with Crippen LogP contribution in [0.5, 0.6) is 0 Å². The predicted octanol–water partition coefficient (Wildman–Crippen LogP) is 6.84. The van der Waals surface area contributed by atoms with Gasteiger partial charge in [-0.1, -0.05) is 79.6 Å². The van der Waals surface area contributed by atoms with Gasteiger partial charge in [0.1, 0.15) is 0 Å². The molecule has 0 aromatic heterocycles. The molecule has 1 saturated carbocycles. The largest absolute Gasteiger partial charge is 0.0654 e. The van der Waals surface area contributed by atoms with Crippen molar-refractivity contribution in [1.29, 1.82) is 0 Å². The maximum absolute atomic E-state index is 2.59. The molecular weight excluding hydrogens is 228 g/mol. The molecule has 1 fully saturated rings. The molecular formula is C19H38. The second kappa shape index (κ2) is 8.32. The van der Waals surface area contributed by atoms with Gasteiger partial charge < -0.3 is 0 Å². The summed E-state index contributed by atoms with van der Waals surface area (Å²) in [5.74, 6) is 2.82. The standard InChI is InChI=1S/C19H38/c1-6-7-9-17(3)14-19(5)13-12-16(2)10-8-11-18(4)15-19/h16-18H,6-15H2,1-5H3. The first kappa shape index (κ1) is 17.1. The summed E-state index contributed by atoms with van der Waals surface area (Å²) in [5.41, 5.74) is 0.616. The van der Waals surface area contributed by atoms with Crippen molar-refractivity contribution in [3.63, 3.8) is 0 Å². The van der Waals surface area contributed by atoms with Crippen LogP contribution in [-0.2, 0) is 0 Å². The van der Waals surface area contributed by atoms with E-state index in [1.54, 1.807) is 0 Å². The van der Waals surface area contributed by atoms with Crippen molar-refractivity contribution in [2.45, 2.75) is 98.8 Å². The Morgan fingerprint density at radius 1 is 1.11 bits per heavy atom. The van der Waals surface area contributed by atoms with Crippen LogP contribution in [0.1, 0.15) is 98.8 Å². The molecule has 19 heavy (non-hydrogen) atoms. The normalized spacial score (nSPS) is 35.2. The van der Waals surface area contributed by atoms with Crippen molar-refractivity contribution in [2.24, 2.45) is 23.2 Å². The molecule has 1 aliphatic rings. The van der Waals surface area contributed by atoms with Gasteiger partial charge in [-0.3, -0.25) is 0 Å². The molecule has 0 aromatic rings. The molecule has 0 aromatic carbocycles. The molecule has 1 aliphatic carbocycles. The van der Waals surface area contributed by atoms with Gasteiger partial charge in [-0.2, -0.15) is 0 Å². The minimum absolute atomic E-state index is 0.616. The van der Waals surface area contributed by atoms with Crippen molar-refractivity contribution in [2.75, 3.05) is 0 Å². The highest BCUT2D eigenvalue weighted by Gasteiger charge is 2.29. The van der Waals surface area contributed by atoms with E-state index in [-0.39, 0.29) is 0 Å². The summed E-state index contributed by atoms with van der Waals surface area (Å²) in [5, 5.41) is 0. The van der Waals surface area contributed by atoms with Crippen molar-refractivity contribution >= 4 is 0 Å². The Balaban J connectivity index is 2.56. The second-order valence-corrected chi connectivity index (χ2v) is 8.15. The Hall–Kier alpha value is 0. The van der Waals surface area contributed by atoms with E-state index in [0.717, 1.165) is 17.8 Å². The summed E-state index contributed by atoms with van der Waals surface area (Å²) >= 11 is 0. The van der Waals surface area contributed by atoms with Crippen LogP contribution in [0.25, 0.3) is 0 Å². The zero-order chi connectivity index (χ0) is 14.3. The summed E-state index contributed by atoms with van der Waals surface area (Å²) in [6, 6.07) is 0. The Labute approximate surface area is 122 Å². The summed E-state index contributed by atoms with van der Waals surface area (Å²) in [7, 11) is 0. The highest BCUT2D eigenvalue weighted by molar-refractivity contribution is 4.81. The molecule has 4 atom stereocenters. The first-order chi connectivity index (χ1) is 8.95. The van der Waals surface area contributed by atoms with E-state index >= 15 is 0 Å². The Bertz CT molecular complexity index is 232. The van der Waals surface area contributed by atoms with E-state index in [1.165, 1.54) is 64.2 Å². The minimum atomic E-state index is 0.616. The maximum Gasteiger partial charge on any atom is -0.0321 e. The minimum Gasteiger partial charge on any atom is -0.0654 e. The van der Waals surface area contributed by atoms with Crippen LogP contribution in [0.2, 0.25) is 0 Å². The fourth-order valence-corrected chi connectivity index (χ4v) is 4.28. The van der Waals surface area contributed by atoms with Gasteiger partial charge in [-0.15, -0.1) is 0 Å². The third-order valence-electron chi connectivity index (χ3n) is 5.37. The SMILES string of the molecule is CCCCC(C)CC1(C)CCC(C)CCCC(C)C1. The molecule has 114 valence electrons. The quantitative estimate of drug-likeness (QED) is 0.511. The van der Waals surface area contributed by atoms with E-state index < -0.39 is 0 Å². The first-order valence-corrected chi connectivity index (χ1v) is 8.95. The molecule has 0 heteroatoms. The second-order valence-electron chi connectivity index (χ2n) is 8.15. The van der Waals surface area contributed by atoms with Gasteiger partial charge in [0.2, 0.25) is 0 Å². The van der Waals surface area contributed by atoms with E-state index in [9.17, 15) is 0 Å². The van der Waals surface area contributed by atoms with Crippen LogP contribution < -0.4 is 0 Å². The van der Waals surface area contributed by atoms with Crippen molar-refractivity contribution in [3.8, 4) is 0 Å². The van der Waals surface area contributed by atoms with Crippen LogP contribution in [0.4, 0.5) is 0 Å². The van der Waals surface area contributed by atoms with Gasteiger partial charge in [0.05, 0.1) is 0 Å². The molecule has 4 unspecified atom stereocenters. The summed E-state index contributed by atoms with van der Waals surface area (Å²) in [6.07, 6.45) is 14.5. The van der Waals surface area contributed by atoms with Crippen LogP contribution >= 0.6 is 0 Å². The number of hydrogen-bond acceptors (Lipinski definition) is 0. The summed E-state index contributed by atoms with van der Waals surface area (Å²) in [6.45, 7) is 12.4. The number of rotatable bonds is 5. The molecule has 0 bridgehead atoms. The van der Waals surface area contributed by atoms with E-state index in [2.05, 4.69) is 34.6 Å². The van der Waals surface area contributed by atoms with Gasteiger partial charge >= 0.3 is 0 Å². The highest BCUT2D eigenvalue weighted by Crippen LogP contribution is 2.42. The predicted molar refractivity (Wildman–Crippen MR) is 87.4 cm³/mol. The Kier molecular flexibility index (Phi) is 7.47. The van der Waals surface area contributed by atoms with Crippen LogP contribution in [-0.4, -0.2) is 0 Å². The number of unbranched alkanes of at least 4 members (excludes halogenated alkanes) is 1. The molecule has 0 heterocycles. The zero-order valence-corrected chi connectivity index (χ0v) is 14.3. The van der Waals surface area contributed by atoms with Crippen molar-refractivity contribution in [1.82, 2.24) is 0 Å². The van der Waals surface area contributed by atoms with Gasteiger partial charge in [0, 0.05) is 0 Å². The van der Waals surface area contributed by atoms with Crippen LogP contribution in [0.3, 0.4) is 0 Å². The van der Waals surface area contributed by atoms with Crippen molar-refractivity contribution in [3.05, 3.63) is 0 Å². The van der Waals surface area contributed by atoms with Gasteiger partial charge in [-0.25, -0.2) is 0 Å². The topological polar surface area (TPSA) is 0 Å². The van der Waals surface area contributed by atoms with Gasteiger partial charge in [-0.05, 0) is 42.4 Å². The fraction of sp³-hybridized carbons (Fsp3) is 1.00. The lowest BCUT2D eigenvalue weighted by molar-refractivity contribution is 0.166. The van der Waals surface area contributed by atoms with Crippen LogP contribution in [0.15, 0.2) is 0 Å². The smallest absolute Gasteiger partial charge is 0.0321 e. The molecule has 0 radical (unpaired) electrons. The van der Waals surface area contributed by atoms with E-state index in [4.69, 9.17) is 0 Å². The first-order valence-electron chi connectivity index (χ1n) is 8.95. The number of hydrogen-bond donors (Lipinski definition) is 0. The average Bonchev–Trinajstić information content (AvgIpc) is 2.38. The van der Waals surface area contributed by atoms with Crippen molar-refractivity contribution < 1.29 is 0 Å². The lowest BCUT2D eigenvalue weighted by Crippen LogP contribution is -2.23.